The van der Waals surface area contributed by atoms with Crippen molar-refractivity contribution in [2.75, 3.05) is 13.2 Å². The number of halogens is 1. The normalized spacial score (nSPS) is 16.5. The first-order chi connectivity index (χ1) is 20.4. The molecule has 1 heterocycles. The summed E-state index contributed by atoms with van der Waals surface area (Å²) < 4.78 is 6.97. The minimum atomic E-state index is -1.02. The molecule has 1 aliphatic carbocycles. The first kappa shape index (κ1) is 29.4. The summed E-state index contributed by atoms with van der Waals surface area (Å²) in [6.45, 7) is 3.15. The molecule has 5 rings (SSSR count). The molecule has 0 aliphatic heterocycles. The molecule has 42 heavy (non-hydrogen) atoms. The number of ether oxygens (including phenoxy) is 1. The molecular formula is C33H32ClN3O4S. The van der Waals surface area contributed by atoms with Crippen LogP contribution in [-0.2, 0) is 6.54 Å². The fourth-order valence-electron chi connectivity index (χ4n) is 5.67. The van der Waals surface area contributed by atoms with E-state index in [-0.39, 0.29) is 17.9 Å². The van der Waals surface area contributed by atoms with Crippen LogP contribution >= 0.6 is 22.9 Å². The summed E-state index contributed by atoms with van der Waals surface area (Å²) >= 11 is 8.20. The van der Waals surface area contributed by atoms with E-state index in [4.69, 9.17) is 21.4 Å². The van der Waals surface area contributed by atoms with Gasteiger partial charge in [-0.3, -0.25) is 4.79 Å². The zero-order valence-corrected chi connectivity index (χ0v) is 24.9. The van der Waals surface area contributed by atoms with Gasteiger partial charge in [-0.2, -0.15) is 5.26 Å². The number of nitriles is 1. The molecule has 2 N–H and O–H groups in total. The average molecular weight is 602 g/mol. The largest absolute Gasteiger partial charge is 0.494 e. The lowest BCUT2D eigenvalue weighted by Gasteiger charge is -2.37. The Balaban J connectivity index is 1.50. The van der Waals surface area contributed by atoms with Gasteiger partial charge in [-0.05, 0) is 80.0 Å². The number of thiophene rings is 1. The van der Waals surface area contributed by atoms with Gasteiger partial charge < -0.3 is 20.1 Å². The fraction of sp³-hybridized carbons (Fsp3) is 0.303. The third kappa shape index (κ3) is 6.53. The van der Waals surface area contributed by atoms with E-state index < -0.39 is 6.09 Å². The van der Waals surface area contributed by atoms with E-state index in [9.17, 15) is 14.9 Å². The maximum Gasteiger partial charge on any atom is 0.404 e. The summed E-state index contributed by atoms with van der Waals surface area (Å²) in [6, 6.07) is 23.3. The number of carboxylic acid groups (broad SMARTS) is 1. The maximum atomic E-state index is 14.3. The Hall–Kier alpha value is -4.06. The Morgan fingerprint density at radius 1 is 1.07 bits per heavy atom. The molecular weight excluding hydrogens is 570 g/mol. The van der Waals surface area contributed by atoms with Crippen molar-refractivity contribution in [2.45, 2.75) is 45.2 Å². The van der Waals surface area contributed by atoms with Gasteiger partial charge in [-0.15, -0.1) is 11.3 Å². The summed E-state index contributed by atoms with van der Waals surface area (Å²) in [5, 5.41) is 22.3. The number of hydrogen-bond acceptors (Lipinski definition) is 5. The van der Waals surface area contributed by atoms with E-state index in [0.717, 1.165) is 52.5 Å². The number of hydrogen-bond donors (Lipinski definition) is 2. The molecule has 0 atom stereocenters. The summed E-state index contributed by atoms with van der Waals surface area (Å²) in [4.78, 5) is 27.8. The minimum Gasteiger partial charge on any atom is -0.494 e. The Morgan fingerprint density at radius 2 is 1.83 bits per heavy atom. The molecule has 1 aromatic heterocycles. The van der Waals surface area contributed by atoms with E-state index in [1.165, 1.54) is 11.3 Å². The van der Waals surface area contributed by atoms with Crippen LogP contribution in [0.15, 0.2) is 66.7 Å². The predicted octanol–water partition coefficient (Wildman–Crippen LogP) is 7.96. The third-order valence-electron chi connectivity index (χ3n) is 7.82. The van der Waals surface area contributed by atoms with Crippen LogP contribution < -0.4 is 10.1 Å². The van der Waals surface area contributed by atoms with Gasteiger partial charge in [0.1, 0.15) is 10.6 Å². The van der Waals surface area contributed by atoms with E-state index in [1.54, 1.807) is 6.07 Å². The van der Waals surface area contributed by atoms with Gasteiger partial charge in [-0.1, -0.05) is 48.0 Å². The van der Waals surface area contributed by atoms with Crippen LogP contribution in [0.2, 0.25) is 5.02 Å². The molecule has 2 amide bonds. The standard InChI is InChI=1S/C33H32ClN3O4S/c1-2-41-28-15-12-24(23-7-5-6-22(16-23)18-35)17-25(28)20-37(26-13-10-21(11-14-26)19-36-33(39)40)32(38)31-30(34)27-8-3-4-9-29(27)42-31/h3-9,12,15-17,21,26,36H,2,10-11,13-14,19-20H2,1H3,(H,39,40). The molecule has 3 aromatic carbocycles. The summed E-state index contributed by atoms with van der Waals surface area (Å²) in [5.41, 5.74) is 3.29. The van der Waals surface area contributed by atoms with Crippen molar-refractivity contribution in [2.24, 2.45) is 5.92 Å². The average Bonchev–Trinajstić information content (AvgIpc) is 3.35. The highest BCUT2D eigenvalue weighted by atomic mass is 35.5. The van der Waals surface area contributed by atoms with E-state index in [2.05, 4.69) is 11.4 Å². The molecule has 1 aliphatic rings. The van der Waals surface area contributed by atoms with Crippen molar-refractivity contribution in [3.05, 3.63) is 87.8 Å². The van der Waals surface area contributed by atoms with Crippen molar-refractivity contribution in [3.63, 3.8) is 0 Å². The Morgan fingerprint density at radius 3 is 2.55 bits per heavy atom. The van der Waals surface area contributed by atoms with Gasteiger partial charge >= 0.3 is 6.09 Å². The summed E-state index contributed by atoms with van der Waals surface area (Å²) in [7, 11) is 0. The lowest BCUT2D eigenvalue weighted by molar-refractivity contribution is 0.0592. The second-order valence-electron chi connectivity index (χ2n) is 10.5. The highest BCUT2D eigenvalue weighted by Crippen LogP contribution is 2.39. The Labute approximate surface area is 254 Å². The van der Waals surface area contributed by atoms with Crippen LogP contribution in [-0.4, -0.2) is 41.2 Å². The molecule has 1 fully saturated rings. The van der Waals surface area contributed by atoms with Crippen molar-refractivity contribution < 1.29 is 19.4 Å². The molecule has 0 radical (unpaired) electrons. The number of carbonyl (C=O) groups is 2. The lowest BCUT2D eigenvalue weighted by atomic mass is 9.85. The zero-order chi connectivity index (χ0) is 29.6. The van der Waals surface area contributed by atoms with Gasteiger partial charge in [0, 0.05) is 34.8 Å². The second-order valence-corrected chi connectivity index (χ2v) is 11.9. The highest BCUT2D eigenvalue weighted by Gasteiger charge is 2.32. The topological polar surface area (TPSA) is 103 Å². The molecule has 0 saturated heterocycles. The molecule has 0 spiro atoms. The number of nitrogens with zero attached hydrogens (tertiary/aromatic N) is 2. The first-order valence-corrected chi connectivity index (χ1v) is 15.3. The van der Waals surface area contributed by atoms with Gasteiger partial charge in [0.15, 0.2) is 0 Å². The SMILES string of the molecule is CCOc1ccc(-c2cccc(C#N)c2)cc1CN(C(=O)c1sc2ccccc2c1Cl)C1CCC(CNC(=O)O)CC1. The number of carbonyl (C=O) groups excluding carboxylic acids is 1. The maximum absolute atomic E-state index is 14.3. The van der Waals surface area contributed by atoms with E-state index in [0.29, 0.717) is 40.9 Å². The zero-order valence-electron chi connectivity index (χ0n) is 23.3. The summed E-state index contributed by atoms with van der Waals surface area (Å²) in [5.74, 6) is 0.821. The molecule has 0 unspecified atom stereocenters. The van der Waals surface area contributed by atoms with Crippen LogP contribution in [0.1, 0.15) is 53.4 Å². The lowest BCUT2D eigenvalue weighted by Crippen LogP contribution is -2.43. The van der Waals surface area contributed by atoms with Gasteiger partial charge in [0.25, 0.3) is 5.91 Å². The van der Waals surface area contributed by atoms with E-state index in [1.807, 2.05) is 72.5 Å². The first-order valence-electron chi connectivity index (χ1n) is 14.1. The van der Waals surface area contributed by atoms with Crippen LogP contribution in [0.5, 0.6) is 5.75 Å². The Kier molecular flexibility index (Phi) is 9.31. The predicted molar refractivity (Wildman–Crippen MR) is 166 cm³/mol. The summed E-state index contributed by atoms with van der Waals surface area (Å²) in [6.07, 6.45) is 2.13. The number of fused-ring (bicyclic) bond motifs is 1. The molecule has 4 aromatic rings. The smallest absolute Gasteiger partial charge is 0.404 e. The third-order valence-corrected chi connectivity index (χ3v) is 9.48. The number of benzene rings is 3. The number of rotatable bonds is 9. The monoisotopic (exact) mass is 601 g/mol. The van der Waals surface area contributed by atoms with Crippen LogP contribution in [0.4, 0.5) is 4.79 Å². The quantitative estimate of drug-likeness (QED) is 0.203. The highest BCUT2D eigenvalue weighted by molar-refractivity contribution is 7.21. The number of nitrogens with one attached hydrogen (secondary N) is 1. The van der Waals surface area contributed by atoms with Crippen molar-refractivity contribution in [1.82, 2.24) is 10.2 Å². The van der Waals surface area contributed by atoms with Crippen LogP contribution in [0.25, 0.3) is 21.2 Å². The molecule has 9 heteroatoms. The minimum absolute atomic E-state index is 0.0418. The van der Waals surface area contributed by atoms with Crippen molar-refractivity contribution >= 4 is 45.0 Å². The van der Waals surface area contributed by atoms with Crippen LogP contribution in [0.3, 0.4) is 0 Å². The molecule has 0 bridgehead atoms. The molecule has 1 saturated carbocycles. The van der Waals surface area contributed by atoms with Crippen LogP contribution in [0, 0.1) is 17.2 Å². The van der Waals surface area contributed by atoms with Crippen molar-refractivity contribution in [1.29, 1.82) is 5.26 Å². The van der Waals surface area contributed by atoms with Crippen molar-refractivity contribution in [3.8, 4) is 22.9 Å². The molecule has 7 nitrogen and oxygen atoms in total. The van der Waals surface area contributed by atoms with Gasteiger partial charge in [-0.25, -0.2) is 4.79 Å². The second kappa shape index (κ2) is 13.3. The number of amides is 2. The molecule has 216 valence electrons. The van der Waals surface area contributed by atoms with E-state index >= 15 is 0 Å². The fourth-order valence-corrected chi connectivity index (χ4v) is 7.14. The van der Waals surface area contributed by atoms with Gasteiger partial charge in [0.2, 0.25) is 0 Å². The Bertz CT molecular complexity index is 1640. The van der Waals surface area contributed by atoms with Gasteiger partial charge in [0.05, 0.1) is 23.3 Å².